The molecule has 1 aromatic carbocycles. The minimum absolute atomic E-state index is 0.448. The molecule has 0 unspecified atom stereocenters. The largest absolute Gasteiger partial charge is 0.481 e. The van der Waals surface area contributed by atoms with Gasteiger partial charge in [-0.15, -0.1) is 0 Å². The van der Waals surface area contributed by atoms with Gasteiger partial charge >= 0.3 is 11.9 Å². The second kappa shape index (κ2) is 8.53. The van der Waals surface area contributed by atoms with Gasteiger partial charge in [-0.3, -0.25) is 9.59 Å². The molecule has 0 saturated heterocycles. The average Bonchev–Trinajstić information content (AvgIpc) is 2.51. The molecular weight excluding hydrogens is 322 g/mol. The molecule has 2 N–H and O–H groups in total. The Morgan fingerprint density at radius 2 is 1.74 bits per heavy atom. The number of amides is 1. The van der Waals surface area contributed by atoms with Gasteiger partial charge in [-0.2, -0.15) is 5.48 Å². The van der Waals surface area contributed by atoms with E-state index in [2.05, 4.69) is 10.3 Å². The SMILES string of the molecule is CCC(CC)(Cc1ccc(Cl)cc1)C(=O)NOC(=O)CC(=O)O. The number of carbonyl (C=O) groups is 3. The fraction of sp³-hybridized carbons (Fsp3) is 0.438. The Kier molecular flexibility index (Phi) is 7.03. The number of aliphatic carboxylic acids is 1. The van der Waals surface area contributed by atoms with E-state index in [9.17, 15) is 14.4 Å². The molecule has 0 saturated carbocycles. The molecule has 0 fully saturated rings. The predicted molar refractivity (Wildman–Crippen MR) is 84.7 cm³/mol. The Labute approximate surface area is 139 Å². The highest BCUT2D eigenvalue weighted by Crippen LogP contribution is 2.31. The molecule has 6 nitrogen and oxygen atoms in total. The third-order valence-corrected chi connectivity index (χ3v) is 4.10. The molecule has 0 radical (unpaired) electrons. The maximum Gasteiger partial charge on any atom is 0.343 e. The summed E-state index contributed by atoms with van der Waals surface area (Å²) in [6, 6.07) is 7.17. The second-order valence-electron chi connectivity index (χ2n) is 5.27. The zero-order valence-electron chi connectivity index (χ0n) is 13.1. The highest BCUT2D eigenvalue weighted by Gasteiger charge is 2.36. The van der Waals surface area contributed by atoms with Gasteiger partial charge in [0.1, 0.15) is 6.42 Å². The van der Waals surface area contributed by atoms with E-state index in [1.54, 1.807) is 12.1 Å². The van der Waals surface area contributed by atoms with Crippen LogP contribution in [0.15, 0.2) is 24.3 Å². The van der Waals surface area contributed by atoms with Crippen molar-refractivity contribution in [2.75, 3.05) is 0 Å². The summed E-state index contributed by atoms with van der Waals surface area (Å²) >= 11 is 5.85. The van der Waals surface area contributed by atoms with Crippen molar-refractivity contribution in [2.45, 2.75) is 39.5 Å². The zero-order chi connectivity index (χ0) is 17.5. The number of rotatable bonds is 7. The Hall–Kier alpha value is -2.08. The lowest BCUT2D eigenvalue weighted by atomic mass is 9.76. The Bertz CT molecular complexity index is 566. The summed E-state index contributed by atoms with van der Waals surface area (Å²) in [7, 11) is 0. The van der Waals surface area contributed by atoms with Crippen LogP contribution in [0.4, 0.5) is 0 Å². The minimum atomic E-state index is -1.32. The van der Waals surface area contributed by atoms with E-state index in [-0.39, 0.29) is 0 Å². The van der Waals surface area contributed by atoms with Gasteiger partial charge in [0.25, 0.3) is 5.91 Å². The van der Waals surface area contributed by atoms with Crippen molar-refractivity contribution in [3.05, 3.63) is 34.9 Å². The first-order chi connectivity index (χ1) is 10.8. The lowest BCUT2D eigenvalue weighted by Crippen LogP contribution is -2.43. The molecule has 126 valence electrons. The Morgan fingerprint density at radius 1 is 1.17 bits per heavy atom. The molecule has 0 bridgehead atoms. The van der Waals surface area contributed by atoms with Crippen LogP contribution in [0.2, 0.25) is 5.02 Å². The first-order valence-electron chi connectivity index (χ1n) is 7.29. The van der Waals surface area contributed by atoms with Crippen LogP contribution in [0.3, 0.4) is 0 Å². The van der Waals surface area contributed by atoms with Crippen molar-refractivity contribution < 1.29 is 24.3 Å². The third-order valence-electron chi connectivity index (χ3n) is 3.84. The van der Waals surface area contributed by atoms with Gasteiger partial charge < -0.3 is 9.94 Å². The normalized spacial score (nSPS) is 10.9. The highest BCUT2D eigenvalue weighted by atomic mass is 35.5. The van der Waals surface area contributed by atoms with Crippen molar-refractivity contribution >= 4 is 29.4 Å². The van der Waals surface area contributed by atoms with Crippen LogP contribution < -0.4 is 5.48 Å². The maximum absolute atomic E-state index is 12.4. The van der Waals surface area contributed by atoms with Gasteiger partial charge in [0.15, 0.2) is 0 Å². The number of carbonyl (C=O) groups excluding carboxylic acids is 2. The summed E-state index contributed by atoms with van der Waals surface area (Å²) in [5, 5.41) is 9.10. The van der Waals surface area contributed by atoms with Crippen LogP contribution >= 0.6 is 11.6 Å². The van der Waals surface area contributed by atoms with Crippen molar-refractivity contribution in [3.63, 3.8) is 0 Å². The topological polar surface area (TPSA) is 92.7 Å². The number of benzene rings is 1. The molecule has 1 rings (SSSR count). The molecule has 1 aromatic rings. The zero-order valence-corrected chi connectivity index (χ0v) is 13.9. The molecule has 0 aliphatic rings. The number of hydrogen-bond donors (Lipinski definition) is 2. The van der Waals surface area contributed by atoms with Gasteiger partial charge in [-0.05, 0) is 37.0 Å². The number of halogens is 1. The van der Waals surface area contributed by atoms with E-state index < -0.39 is 29.7 Å². The Balaban J connectivity index is 2.78. The summed E-state index contributed by atoms with van der Waals surface area (Å²) < 4.78 is 0. The standard InChI is InChI=1S/C16H20ClNO5/c1-3-16(4-2,10-11-5-7-12(17)8-6-11)15(22)18-23-14(21)9-13(19)20/h5-8H,3-4,9-10H2,1-2H3,(H,18,22)(H,19,20). The molecule has 23 heavy (non-hydrogen) atoms. The van der Waals surface area contributed by atoms with Gasteiger partial charge in [0.05, 0.1) is 5.41 Å². The van der Waals surface area contributed by atoms with Crippen LogP contribution in [-0.2, 0) is 25.6 Å². The van der Waals surface area contributed by atoms with Crippen LogP contribution in [0.5, 0.6) is 0 Å². The van der Waals surface area contributed by atoms with Crippen molar-refractivity contribution in [3.8, 4) is 0 Å². The molecule has 1 amide bonds. The number of hydroxylamine groups is 1. The quantitative estimate of drug-likeness (QED) is 0.587. The van der Waals surface area contributed by atoms with E-state index in [1.165, 1.54) is 0 Å². The van der Waals surface area contributed by atoms with E-state index in [0.717, 1.165) is 5.56 Å². The summed E-state index contributed by atoms with van der Waals surface area (Å²) in [4.78, 5) is 38.6. The summed E-state index contributed by atoms with van der Waals surface area (Å²) in [5.41, 5.74) is 2.27. The molecule has 0 atom stereocenters. The number of hydrogen-bond acceptors (Lipinski definition) is 4. The van der Waals surface area contributed by atoms with Crippen molar-refractivity contribution in [1.82, 2.24) is 5.48 Å². The lowest BCUT2D eigenvalue weighted by molar-refractivity contribution is -0.165. The Morgan fingerprint density at radius 3 is 2.22 bits per heavy atom. The summed E-state index contributed by atoms with van der Waals surface area (Å²) in [6.45, 7) is 3.75. The number of carboxylic acids is 1. The number of carboxylic acid groups (broad SMARTS) is 1. The molecular formula is C16H20ClNO5. The first-order valence-corrected chi connectivity index (χ1v) is 7.67. The third kappa shape index (κ3) is 5.56. The maximum atomic E-state index is 12.4. The van der Waals surface area contributed by atoms with Gasteiger partial charge in [-0.25, -0.2) is 4.79 Å². The van der Waals surface area contributed by atoms with E-state index >= 15 is 0 Å². The molecule has 0 aromatic heterocycles. The van der Waals surface area contributed by atoms with Crippen molar-refractivity contribution in [2.24, 2.45) is 5.41 Å². The smallest absolute Gasteiger partial charge is 0.343 e. The molecule has 0 aliphatic heterocycles. The predicted octanol–water partition coefficient (Wildman–Crippen LogP) is 2.74. The van der Waals surface area contributed by atoms with Gasteiger partial charge in [0, 0.05) is 5.02 Å². The number of nitrogens with one attached hydrogen (secondary N) is 1. The lowest BCUT2D eigenvalue weighted by Gasteiger charge is -2.29. The minimum Gasteiger partial charge on any atom is -0.481 e. The fourth-order valence-corrected chi connectivity index (χ4v) is 2.39. The van der Waals surface area contributed by atoms with Gasteiger partial charge in [-0.1, -0.05) is 37.6 Å². The second-order valence-corrected chi connectivity index (χ2v) is 5.70. The van der Waals surface area contributed by atoms with E-state index in [0.29, 0.717) is 24.3 Å². The highest BCUT2D eigenvalue weighted by molar-refractivity contribution is 6.30. The average molecular weight is 342 g/mol. The summed E-state index contributed by atoms with van der Waals surface area (Å²) in [5.74, 6) is -2.78. The van der Waals surface area contributed by atoms with Crippen LogP contribution in [0, 0.1) is 5.41 Å². The molecule has 0 heterocycles. The summed E-state index contributed by atoms with van der Waals surface area (Å²) in [6.07, 6.45) is 0.727. The van der Waals surface area contributed by atoms with Crippen LogP contribution in [0.25, 0.3) is 0 Å². The van der Waals surface area contributed by atoms with Crippen LogP contribution in [0.1, 0.15) is 38.7 Å². The van der Waals surface area contributed by atoms with Gasteiger partial charge in [0.2, 0.25) is 0 Å². The first kappa shape index (κ1) is 19.0. The molecule has 7 heteroatoms. The molecule has 0 aliphatic carbocycles. The molecule has 0 spiro atoms. The monoisotopic (exact) mass is 341 g/mol. The van der Waals surface area contributed by atoms with Crippen LogP contribution in [-0.4, -0.2) is 23.0 Å². The van der Waals surface area contributed by atoms with E-state index in [1.807, 2.05) is 26.0 Å². The van der Waals surface area contributed by atoms with Crippen molar-refractivity contribution in [1.29, 1.82) is 0 Å². The van der Waals surface area contributed by atoms with E-state index in [4.69, 9.17) is 16.7 Å². The fourth-order valence-electron chi connectivity index (χ4n) is 2.27.